The maximum atomic E-state index is 11.6. The Labute approximate surface area is 99.0 Å². The van der Waals surface area contributed by atoms with Crippen molar-refractivity contribution >= 4 is 17.2 Å². The molecule has 0 bridgehead atoms. The standard InChI is InChI=1S/C11H16N2O2S/c14-11(6-10-2-1-5-16-10)13-8-9-7-12-3-4-15-9/h1-2,5,9,12H,3-4,6-8H2,(H,13,14). The predicted octanol–water partition coefficient (Wildman–Crippen LogP) is 0.395. The van der Waals surface area contributed by atoms with Crippen molar-refractivity contribution < 1.29 is 9.53 Å². The zero-order valence-corrected chi connectivity index (χ0v) is 9.89. The molecule has 4 nitrogen and oxygen atoms in total. The Morgan fingerprint density at radius 2 is 2.62 bits per heavy atom. The van der Waals surface area contributed by atoms with Gasteiger partial charge in [-0.05, 0) is 11.4 Å². The molecule has 0 aromatic carbocycles. The largest absolute Gasteiger partial charge is 0.374 e. The Balaban J connectivity index is 1.67. The van der Waals surface area contributed by atoms with E-state index in [1.807, 2.05) is 17.5 Å². The lowest BCUT2D eigenvalue weighted by Gasteiger charge is -2.23. The lowest BCUT2D eigenvalue weighted by atomic mass is 10.3. The molecule has 1 amide bonds. The van der Waals surface area contributed by atoms with E-state index in [0.29, 0.717) is 13.0 Å². The van der Waals surface area contributed by atoms with E-state index in [0.717, 1.165) is 24.6 Å². The van der Waals surface area contributed by atoms with Gasteiger partial charge in [-0.3, -0.25) is 4.79 Å². The van der Waals surface area contributed by atoms with Gasteiger partial charge in [0.05, 0.1) is 19.1 Å². The fraction of sp³-hybridized carbons (Fsp3) is 0.545. The van der Waals surface area contributed by atoms with E-state index in [1.165, 1.54) is 0 Å². The molecule has 16 heavy (non-hydrogen) atoms. The minimum atomic E-state index is 0.0663. The van der Waals surface area contributed by atoms with Gasteiger partial charge in [0.15, 0.2) is 0 Å². The fourth-order valence-electron chi connectivity index (χ4n) is 1.61. The van der Waals surface area contributed by atoms with E-state index in [4.69, 9.17) is 4.74 Å². The summed E-state index contributed by atoms with van der Waals surface area (Å²) in [6.07, 6.45) is 0.582. The quantitative estimate of drug-likeness (QED) is 0.801. The molecule has 0 aliphatic carbocycles. The van der Waals surface area contributed by atoms with E-state index in [2.05, 4.69) is 10.6 Å². The molecule has 2 heterocycles. The van der Waals surface area contributed by atoms with Crippen LogP contribution < -0.4 is 10.6 Å². The van der Waals surface area contributed by atoms with E-state index >= 15 is 0 Å². The van der Waals surface area contributed by atoms with Crippen LogP contribution in [0.2, 0.25) is 0 Å². The maximum Gasteiger partial charge on any atom is 0.225 e. The molecule has 2 N–H and O–H groups in total. The van der Waals surface area contributed by atoms with Gasteiger partial charge in [0.25, 0.3) is 0 Å². The molecular formula is C11H16N2O2S. The minimum Gasteiger partial charge on any atom is -0.374 e. The van der Waals surface area contributed by atoms with Crippen LogP contribution in [0.5, 0.6) is 0 Å². The average molecular weight is 240 g/mol. The minimum absolute atomic E-state index is 0.0663. The second kappa shape index (κ2) is 5.98. The lowest BCUT2D eigenvalue weighted by molar-refractivity contribution is -0.121. The smallest absolute Gasteiger partial charge is 0.225 e. The molecular weight excluding hydrogens is 224 g/mol. The van der Waals surface area contributed by atoms with Crippen LogP contribution in [-0.2, 0) is 16.0 Å². The van der Waals surface area contributed by atoms with Crippen molar-refractivity contribution in [3.63, 3.8) is 0 Å². The number of hydrogen-bond donors (Lipinski definition) is 2. The third-order valence-corrected chi connectivity index (χ3v) is 3.32. The number of thiophene rings is 1. The number of morpholine rings is 1. The molecule has 1 fully saturated rings. The van der Waals surface area contributed by atoms with Gasteiger partial charge in [-0.15, -0.1) is 11.3 Å². The summed E-state index contributed by atoms with van der Waals surface area (Å²) in [5.74, 6) is 0.0663. The molecule has 1 saturated heterocycles. The van der Waals surface area contributed by atoms with Gasteiger partial charge in [0, 0.05) is 24.5 Å². The first-order valence-corrected chi connectivity index (χ1v) is 6.34. The maximum absolute atomic E-state index is 11.6. The highest BCUT2D eigenvalue weighted by atomic mass is 32.1. The third kappa shape index (κ3) is 3.59. The van der Waals surface area contributed by atoms with Crippen molar-refractivity contribution in [2.24, 2.45) is 0 Å². The van der Waals surface area contributed by atoms with Crippen LogP contribution in [0.3, 0.4) is 0 Å². The summed E-state index contributed by atoms with van der Waals surface area (Å²) in [6, 6.07) is 3.93. The van der Waals surface area contributed by atoms with E-state index in [9.17, 15) is 4.79 Å². The van der Waals surface area contributed by atoms with Crippen molar-refractivity contribution in [3.05, 3.63) is 22.4 Å². The van der Waals surface area contributed by atoms with Crippen LogP contribution in [0.15, 0.2) is 17.5 Å². The Morgan fingerprint density at radius 1 is 1.69 bits per heavy atom. The van der Waals surface area contributed by atoms with E-state index in [1.54, 1.807) is 11.3 Å². The van der Waals surface area contributed by atoms with Crippen molar-refractivity contribution in [1.29, 1.82) is 0 Å². The summed E-state index contributed by atoms with van der Waals surface area (Å²) in [5, 5.41) is 8.11. The topological polar surface area (TPSA) is 50.4 Å². The van der Waals surface area contributed by atoms with Crippen molar-refractivity contribution in [3.8, 4) is 0 Å². The Bertz CT molecular complexity index is 321. The number of amides is 1. The summed E-state index contributed by atoms with van der Waals surface area (Å²) in [6.45, 7) is 3.04. The van der Waals surface area contributed by atoms with Gasteiger partial charge < -0.3 is 15.4 Å². The second-order valence-electron chi connectivity index (χ2n) is 3.76. The molecule has 1 aliphatic heterocycles. The zero-order valence-electron chi connectivity index (χ0n) is 9.07. The number of ether oxygens (including phenoxy) is 1. The first kappa shape index (κ1) is 11.6. The third-order valence-electron chi connectivity index (χ3n) is 2.45. The number of rotatable bonds is 4. The van der Waals surface area contributed by atoms with Gasteiger partial charge in [-0.2, -0.15) is 0 Å². The normalized spacial score (nSPS) is 20.6. The highest BCUT2D eigenvalue weighted by molar-refractivity contribution is 7.10. The molecule has 1 aliphatic rings. The van der Waals surface area contributed by atoms with Crippen LogP contribution >= 0.6 is 11.3 Å². The Morgan fingerprint density at radius 3 is 3.31 bits per heavy atom. The van der Waals surface area contributed by atoms with Gasteiger partial charge in [-0.1, -0.05) is 6.07 Å². The van der Waals surface area contributed by atoms with E-state index in [-0.39, 0.29) is 12.0 Å². The Hall–Kier alpha value is -0.910. The number of nitrogens with one attached hydrogen (secondary N) is 2. The molecule has 88 valence electrons. The van der Waals surface area contributed by atoms with Crippen LogP contribution in [-0.4, -0.2) is 38.3 Å². The highest BCUT2D eigenvalue weighted by Crippen LogP contribution is 2.08. The summed E-state index contributed by atoms with van der Waals surface area (Å²) in [4.78, 5) is 12.7. The molecule has 1 unspecified atom stereocenters. The van der Waals surface area contributed by atoms with Crippen molar-refractivity contribution in [1.82, 2.24) is 10.6 Å². The van der Waals surface area contributed by atoms with Gasteiger partial charge in [0.1, 0.15) is 0 Å². The van der Waals surface area contributed by atoms with Crippen LogP contribution in [0.4, 0.5) is 0 Å². The summed E-state index contributed by atoms with van der Waals surface area (Å²) in [7, 11) is 0. The summed E-state index contributed by atoms with van der Waals surface area (Å²) >= 11 is 1.61. The SMILES string of the molecule is O=C(Cc1cccs1)NCC1CNCCO1. The zero-order chi connectivity index (χ0) is 11.2. The monoisotopic (exact) mass is 240 g/mol. The molecule has 0 spiro atoms. The van der Waals surface area contributed by atoms with E-state index < -0.39 is 0 Å². The number of carbonyl (C=O) groups is 1. The first-order chi connectivity index (χ1) is 7.84. The predicted molar refractivity (Wildman–Crippen MR) is 63.6 cm³/mol. The second-order valence-corrected chi connectivity index (χ2v) is 4.79. The van der Waals surface area contributed by atoms with Crippen LogP contribution in [0.25, 0.3) is 0 Å². The van der Waals surface area contributed by atoms with Gasteiger partial charge in [-0.25, -0.2) is 0 Å². The Kier molecular flexibility index (Phi) is 4.33. The molecule has 5 heteroatoms. The highest BCUT2D eigenvalue weighted by Gasteiger charge is 2.14. The molecule has 2 rings (SSSR count). The molecule has 1 aromatic rings. The lowest BCUT2D eigenvalue weighted by Crippen LogP contribution is -2.45. The van der Waals surface area contributed by atoms with Crippen LogP contribution in [0.1, 0.15) is 4.88 Å². The number of hydrogen-bond acceptors (Lipinski definition) is 4. The van der Waals surface area contributed by atoms with Gasteiger partial charge >= 0.3 is 0 Å². The summed E-state index contributed by atoms with van der Waals surface area (Å²) < 4.78 is 5.49. The molecule has 1 atom stereocenters. The van der Waals surface area contributed by atoms with Crippen molar-refractivity contribution in [2.75, 3.05) is 26.2 Å². The van der Waals surface area contributed by atoms with Crippen LogP contribution in [0, 0.1) is 0 Å². The molecule has 0 saturated carbocycles. The van der Waals surface area contributed by atoms with Gasteiger partial charge in [0.2, 0.25) is 5.91 Å². The summed E-state index contributed by atoms with van der Waals surface area (Å²) in [5.41, 5.74) is 0. The molecule has 0 radical (unpaired) electrons. The first-order valence-electron chi connectivity index (χ1n) is 5.46. The average Bonchev–Trinajstić information content (AvgIpc) is 2.81. The van der Waals surface area contributed by atoms with Crippen molar-refractivity contribution in [2.45, 2.75) is 12.5 Å². The fourth-order valence-corrected chi connectivity index (χ4v) is 2.32. The molecule has 1 aromatic heterocycles. The number of carbonyl (C=O) groups excluding carboxylic acids is 1.